The molecule has 1 aliphatic heterocycles. The zero-order valence-electron chi connectivity index (χ0n) is 7.98. The number of halogens is 1. The van der Waals surface area contributed by atoms with Crippen LogP contribution in [0.15, 0.2) is 21.9 Å². The second kappa shape index (κ2) is 4.48. The largest absolute Gasteiger partial charge is 0.354 e. The zero-order chi connectivity index (χ0) is 10.8. The number of hydrogen-bond donors (Lipinski definition) is 1. The Bertz CT molecular complexity index is 453. The molecule has 1 N–H and O–H groups in total. The van der Waals surface area contributed by atoms with Gasteiger partial charge in [0.2, 0.25) is 0 Å². The minimum Gasteiger partial charge on any atom is -0.354 e. The van der Waals surface area contributed by atoms with E-state index in [-0.39, 0.29) is 17.9 Å². The van der Waals surface area contributed by atoms with Gasteiger partial charge in [-0.3, -0.25) is 14.3 Å². The van der Waals surface area contributed by atoms with E-state index in [4.69, 9.17) is 4.74 Å². The number of rotatable bonds is 2. The average Bonchev–Trinajstić information content (AvgIpc) is 2.66. The lowest BCUT2D eigenvalue weighted by molar-refractivity contribution is 0.0113. The van der Waals surface area contributed by atoms with Crippen LogP contribution in [-0.2, 0) is 4.74 Å². The Morgan fingerprint density at radius 1 is 1.53 bits per heavy atom. The summed E-state index contributed by atoms with van der Waals surface area (Å²) in [4.78, 5) is 24.5. The van der Waals surface area contributed by atoms with E-state index in [0.717, 1.165) is 17.3 Å². The first-order valence-electron chi connectivity index (χ1n) is 4.73. The molecular weight excluding hydrogens is 311 g/mol. The number of aromatic nitrogens is 2. The van der Waals surface area contributed by atoms with Crippen LogP contribution in [0, 0.1) is 0 Å². The lowest BCUT2D eigenvalue weighted by atomic mass is 10.2. The van der Waals surface area contributed by atoms with Crippen LogP contribution in [0.25, 0.3) is 0 Å². The monoisotopic (exact) mass is 322 g/mol. The van der Waals surface area contributed by atoms with Gasteiger partial charge in [0.15, 0.2) is 0 Å². The van der Waals surface area contributed by atoms with Gasteiger partial charge in [0.25, 0.3) is 5.56 Å². The first-order valence-corrected chi connectivity index (χ1v) is 6.26. The van der Waals surface area contributed by atoms with Crippen molar-refractivity contribution in [2.24, 2.45) is 0 Å². The summed E-state index contributed by atoms with van der Waals surface area (Å²) in [5.74, 6) is 0. The molecule has 0 saturated carbocycles. The summed E-state index contributed by atoms with van der Waals surface area (Å²) in [6, 6.07) is 1.34. The Hall–Kier alpha value is -0.630. The van der Waals surface area contributed by atoms with Crippen LogP contribution >= 0.6 is 22.6 Å². The normalized spacial score (nSPS) is 25.7. The van der Waals surface area contributed by atoms with Crippen molar-refractivity contribution in [3.05, 3.63) is 33.1 Å². The van der Waals surface area contributed by atoms with Crippen molar-refractivity contribution in [3.8, 4) is 0 Å². The highest BCUT2D eigenvalue weighted by Gasteiger charge is 2.26. The topological polar surface area (TPSA) is 64.1 Å². The minimum atomic E-state index is -0.401. The highest BCUT2D eigenvalue weighted by molar-refractivity contribution is 14.1. The molecular formula is C9H11IN2O3. The van der Waals surface area contributed by atoms with Gasteiger partial charge in [-0.15, -0.1) is 0 Å². The molecule has 1 fully saturated rings. The van der Waals surface area contributed by atoms with Gasteiger partial charge in [-0.2, -0.15) is 0 Å². The summed E-state index contributed by atoms with van der Waals surface area (Å²) >= 11 is 2.26. The number of nitrogens with one attached hydrogen (secondary N) is 1. The maximum atomic E-state index is 11.4. The van der Waals surface area contributed by atoms with Crippen molar-refractivity contribution >= 4 is 22.6 Å². The van der Waals surface area contributed by atoms with Gasteiger partial charge in [-0.25, -0.2) is 4.79 Å². The van der Waals surface area contributed by atoms with E-state index in [1.54, 1.807) is 0 Å². The fourth-order valence-corrected chi connectivity index (χ4v) is 2.31. The van der Waals surface area contributed by atoms with Gasteiger partial charge in [-0.1, -0.05) is 22.6 Å². The van der Waals surface area contributed by atoms with Crippen molar-refractivity contribution in [1.29, 1.82) is 0 Å². The highest BCUT2D eigenvalue weighted by Crippen LogP contribution is 2.27. The first-order chi connectivity index (χ1) is 7.20. The molecule has 2 heterocycles. The third-order valence-corrected chi connectivity index (χ3v) is 3.40. The fraction of sp³-hybridized carbons (Fsp3) is 0.556. The van der Waals surface area contributed by atoms with Crippen molar-refractivity contribution in [3.63, 3.8) is 0 Å². The van der Waals surface area contributed by atoms with Crippen molar-refractivity contribution < 1.29 is 4.74 Å². The molecule has 6 heteroatoms. The van der Waals surface area contributed by atoms with Crippen LogP contribution in [0.5, 0.6) is 0 Å². The molecule has 82 valence electrons. The van der Waals surface area contributed by atoms with Crippen LogP contribution in [0.2, 0.25) is 0 Å². The molecule has 5 nitrogen and oxygen atoms in total. The van der Waals surface area contributed by atoms with Crippen molar-refractivity contribution in [2.75, 3.05) is 4.43 Å². The molecule has 0 radical (unpaired) electrons. The SMILES string of the molecule is O=c1ccn(C2CCC(CI)O2)c(=O)[nH]1. The van der Waals surface area contributed by atoms with E-state index >= 15 is 0 Å². The van der Waals surface area contributed by atoms with Crippen LogP contribution in [-0.4, -0.2) is 20.1 Å². The molecule has 0 aromatic carbocycles. The van der Waals surface area contributed by atoms with Crippen LogP contribution in [0.1, 0.15) is 19.1 Å². The summed E-state index contributed by atoms with van der Waals surface area (Å²) in [5, 5.41) is 0. The Morgan fingerprint density at radius 2 is 2.33 bits per heavy atom. The smallest absolute Gasteiger partial charge is 0.330 e. The lowest BCUT2D eigenvalue weighted by Crippen LogP contribution is -2.31. The maximum absolute atomic E-state index is 11.4. The predicted octanol–water partition coefficient (Wildman–Crippen LogP) is 0.649. The molecule has 1 saturated heterocycles. The predicted molar refractivity (Wildman–Crippen MR) is 63.4 cm³/mol. The number of alkyl halides is 1. The summed E-state index contributed by atoms with van der Waals surface area (Å²) in [7, 11) is 0. The number of aromatic amines is 1. The number of ether oxygens (including phenoxy) is 1. The maximum Gasteiger partial charge on any atom is 0.330 e. The van der Waals surface area contributed by atoms with Gasteiger partial charge in [0, 0.05) is 16.7 Å². The Morgan fingerprint density at radius 3 is 2.93 bits per heavy atom. The second-order valence-electron chi connectivity index (χ2n) is 3.46. The quantitative estimate of drug-likeness (QED) is 0.642. The molecule has 2 rings (SSSR count). The van der Waals surface area contributed by atoms with E-state index in [9.17, 15) is 9.59 Å². The van der Waals surface area contributed by atoms with E-state index < -0.39 is 5.69 Å². The molecule has 15 heavy (non-hydrogen) atoms. The molecule has 0 amide bonds. The summed E-state index contributed by atoms with van der Waals surface area (Å²) in [6.07, 6.45) is 3.25. The molecule has 1 aromatic rings. The van der Waals surface area contributed by atoms with Gasteiger partial charge in [0.05, 0.1) is 6.10 Å². The molecule has 2 atom stereocenters. The number of nitrogens with zero attached hydrogens (tertiary/aromatic N) is 1. The van der Waals surface area contributed by atoms with E-state index in [0.29, 0.717) is 0 Å². The minimum absolute atomic E-state index is 0.217. The van der Waals surface area contributed by atoms with Gasteiger partial charge >= 0.3 is 5.69 Å². The molecule has 1 aliphatic rings. The highest BCUT2D eigenvalue weighted by atomic mass is 127. The van der Waals surface area contributed by atoms with Crippen molar-refractivity contribution in [1.82, 2.24) is 9.55 Å². The Labute approximate surface area is 99.6 Å². The molecule has 0 aliphatic carbocycles. The van der Waals surface area contributed by atoms with Gasteiger partial charge in [0.1, 0.15) is 6.23 Å². The lowest BCUT2D eigenvalue weighted by Gasteiger charge is -2.13. The fourth-order valence-electron chi connectivity index (χ4n) is 1.66. The summed E-state index contributed by atoms with van der Waals surface area (Å²) in [6.45, 7) is 0. The van der Waals surface area contributed by atoms with Crippen LogP contribution in [0.4, 0.5) is 0 Å². The third kappa shape index (κ3) is 2.31. The van der Waals surface area contributed by atoms with E-state index in [1.807, 2.05) is 0 Å². The average molecular weight is 322 g/mol. The third-order valence-electron chi connectivity index (χ3n) is 2.42. The number of hydrogen-bond acceptors (Lipinski definition) is 3. The molecule has 2 unspecified atom stereocenters. The second-order valence-corrected chi connectivity index (χ2v) is 4.34. The first kappa shape index (κ1) is 10.9. The van der Waals surface area contributed by atoms with Crippen LogP contribution < -0.4 is 11.2 Å². The molecule has 0 spiro atoms. The summed E-state index contributed by atoms with van der Waals surface area (Å²) < 4.78 is 8.01. The van der Waals surface area contributed by atoms with Crippen molar-refractivity contribution in [2.45, 2.75) is 25.2 Å². The standard InChI is InChI=1S/C9H11IN2O3/c10-5-6-1-2-8(15-6)12-4-3-7(13)11-9(12)14/h3-4,6,8H,1-2,5H2,(H,11,13,14). The van der Waals surface area contributed by atoms with Gasteiger partial charge < -0.3 is 4.74 Å². The van der Waals surface area contributed by atoms with Gasteiger partial charge in [-0.05, 0) is 12.8 Å². The Balaban J connectivity index is 2.24. The number of H-pyrrole nitrogens is 1. The zero-order valence-corrected chi connectivity index (χ0v) is 10.1. The molecule has 1 aromatic heterocycles. The molecule has 0 bridgehead atoms. The van der Waals surface area contributed by atoms with E-state index in [2.05, 4.69) is 27.6 Å². The Kier molecular flexibility index (Phi) is 3.25. The van der Waals surface area contributed by atoms with Crippen LogP contribution in [0.3, 0.4) is 0 Å². The summed E-state index contributed by atoms with van der Waals surface area (Å²) in [5.41, 5.74) is -0.777. The van der Waals surface area contributed by atoms with E-state index in [1.165, 1.54) is 16.8 Å².